The SMILES string of the molecule is C=C(C/C=C(\C)C1CC=C(C(C)(C)O)CC1)CC1=CCCC(C)C1. The van der Waals surface area contributed by atoms with Crippen LogP contribution in [0, 0.1) is 11.8 Å². The molecular formula is C23H36O. The van der Waals surface area contributed by atoms with Crippen LogP contribution >= 0.6 is 0 Å². The van der Waals surface area contributed by atoms with E-state index in [-0.39, 0.29) is 0 Å². The maximum absolute atomic E-state index is 10.1. The van der Waals surface area contributed by atoms with E-state index in [1.165, 1.54) is 36.0 Å². The first kappa shape index (κ1) is 19.2. The van der Waals surface area contributed by atoms with Gasteiger partial charge in [-0.15, -0.1) is 0 Å². The molecule has 24 heavy (non-hydrogen) atoms. The monoisotopic (exact) mass is 328 g/mol. The first-order valence-corrected chi connectivity index (χ1v) is 9.68. The Bertz CT molecular complexity index is 539. The maximum Gasteiger partial charge on any atom is 0.0800 e. The standard InChI is InChI=1S/C23H36O/c1-17-7-6-8-20(15-17)16-18(2)9-10-19(3)21-11-13-22(14-12-21)23(4,5)24/h8,10,13,17,21,24H,2,6-7,9,11-12,14-16H2,1,3-5H3/b19-10+. The van der Waals surface area contributed by atoms with E-state index in [4.69, 9.17) is 0 Å². The summed E-state index contributed by atoms with van der Waals surface area (Å²) in [7, 11) is 0. The van der Waals surface area contributed by atoms with E-state index in [1.807, 2.05) is 13.8 Å². The predicted molar refractivity (Wildman–Crippen MR) is 105 cm³/mol. The van der Waals surface area contributed by atoms with E-state index >= 15 is 0 Å². The molecular weight excluding hydrogens is 292 g/mol. The van der Waals surface area contributed by atoms with E-state index in [9.17, 15) is 5.11 Å². The van der Waals surface area contributed by atoms with Crippen molar-refractivity contribution in [2.45, 2.75) is 84.7 Å². The van der Waals surface area contributed by atoms with Gasteiger partial charge in [0.05, 0.1) is 5.60 Å². The average molecular weight is 329 g/mol. The zero-order chi connectivity index (χ0) is 17.7. The van der Waals surface area contributed by atoms with E-state index in [2.05, 4.69) is 38.7 Å². The Balaban J connectivity index is 1.83. The van der Waals surface area contributed by atoms with E-state index < -0.39 is 5.60 Å². The van der Waals surface area contributed by atoms with Crippen LogP contribution in [0.1, 0.15) is 79.1 Å². The highest BCUT2D eigenvalue weighted by Crippen LogP contribution is 2.34. The molecule has 2 aliphatic rings. The molecule has 0 aromatic rings. The molecule has 0 saturated carbocycles. The summed E-state index contributed by atoms with van der Waals surface area (Å²) in [6.45, 7) is 12.7. The normalized spacial score (nSPS) is 26.0. The summed E-state index contributed by atoms with van der Waals surface area (Å²) in [5, 5.41) is 10.1. The molecule has 2 unspecified atom stereocenters. The number of hydrogen-bond donors (Lipinski definition) is 1. The Hall–Kier alpha value is -1.08. The van der Waals surface area contributed by atoms with Crippen molar-refractivity contribution < 1.29 is 5.11 Å². The highest BCUT2D eigenvalue weighted by Gasteiger charge is 2.24. The highest BCUT2D eigenvalue weighted by molar-refractivity contribution is 5.22. The Labute approximate surface area is 149 Å². The molecule has 2 aliphatic carbocycles. The van der Waals surface area contributed by atoms with E-state index in [0.29, 0.717) is 5.92 Å². The summed E-state index contributed by atoms with van der Waals surface area (Å²) in [4.78, 5) is 0. The second-order valence-electron chi connectivity index (χ2n) is 8.59. The lowest BCUT2D eigenvalue weighted by molar-refractivity contribution is 0.112. The molecule has 0 aromatic carbocycles. The zero-order valence-electron chi connectivity index (χ0n) is 16.2. The van der Waals surface area contributed by atoms with Crippen molar-refractivity contribution in [1.82, 2.24) is 0 Å². The quantitative estimate of drug-likeness (QED) is 0.551. The van der Waals surface area contributed by atoms with Gasteiger partial charge in [0.15, 0.2) is 0 Å². The number of aliphatic hydroxyl groups is 1. The van der Waals surface area contributed by atoms with Crippen LogP contribution in [0.2, 0.25) is 0 Å². The summed E-state index contributed by atoms with van der Waals surface area (Å²) in [5.74, 6) is 1.48. The van der Waals surface area contributed by atoms with Gasteiger partial charge in [-0.3, -0.25) is 0 Å². The van der Waals surface area contributed by atoms with Gasteiger partial charge in [0, 0.05) is 0 Å². The van der Waals surface area contributed by atoms with Gasteiger partial charge in [-0.25, -0.2) is 0 Å². The molecule has 0 bridgehead atoms. The summed E-state index contributed by atoms with van der Waals surface area (Å²) in [6.07, 6.45) is 16.3. The lowest BCUT2D eigenvalue weighted by Gasteiger charge is -2.29. The van der Waals surface area contributed by atoms with Crippen molar-refractivity contribution in [2.24, 2.45) is 11.8 Å². The molecule has 0 spiro atoms. The molecule has 1 nitrogen and oxygen atoms in total. The third-order valence-electron chi connectivity index (χ3n) is 5.73. The molecule has 134 valence electrons. The molecule has 0 radical (unpaired) electrons. The van der Waals surface area contributed by atoms with Gasteiger partial charge in [-0.1, -0.05) is 48.5 Å². The van der Waals surface area contributed by atoms with Gasteiger partial charge in [0.2, 0.25) is 0 Å². The fraction of sp³-hybridized carbons (Fsp3) is 0.652. The molecule has 2 atom stereocenters. The first-order valence-electron chi connectivity index (χ1n) is 9.68. The largest absolute Gasteiger partial charge is 0.386 e. The minimum absolute atomic E-state index is 0.637. The van der Waals surface area contributed by atoms with Crippen molar-refractivity contribution in [3.05, 3.63) is 47.1 Å². The Morgan fingerprint density at radius 1 is 1.33 bits per heavy atom. The Morgan fingerprint density at radius 3 is 2.67 bits per heavy atom. The molecule has 1 heteroatoms. The first-order chi connectivity index (χ1) is 11.3. The average Bonchev–Trinajstić information content (AvgIpc) is 2.52. The van der Waals surface area contributed by atoms with Crippen LogP contribution in [-0.4, -0.2) is 10.7 Å². The van der Waals surface area contributed by atoms with Gasteiger partial charge in [0.25, 0.3) is 0 Å². The molecule has 0 aromatic heterocycles. The summed E-state index contributed by atoms with van der Waals surface area (Å²) in [5.41, 5.74) is 4.99. The molecule has 2 rings (SSSR count). The Morgan fingerprint density at radius 2 is 2.08 bits per heavy atom. The summed E-state index contributed by atoms with van der Waals surface area (Å²) >= 11 is 0. The zero-order valence-corrected chi connectivity index (χ0v) is 16.2. The molecule has 1 N–H and O–H groups in total. The van der Waals surface area contributed by atoms with Crippen LogP contribution in [0.3, 0.4) is 0 Å². The lowest BCUT2D eigenvalue weighted by Crippen LogP contribution is -2.25. The summed E-state index contributed by atoms with van der Waals surface area (Å²) in [6, 6.07) is 0. The van der Waals surface area contributed by atoms with Gasteiger partial charge in [-0.05, 0) is 89.5 Å². The predicted octanol–water partition coefficient (Wildman–Crippen LogP) is 6.51. The highest BCUT2D eigenvalue weighted by atomic mass is 16.3. The second kappa shape index (κ2) is 8.34. The fourth-order valence-corrected chi connectivity index (χ4v) is 4.02. The third kappa shape index (κ3) is 5.77. The van der Waals surface area contributed by atoms with Crippen molar-refractivity contribution in [1.29, 1.82) is 0 Å². The second-order valence-corrected chi connectivity index (χ2v) is 8.59. The maximum atomic E-state index is 10.1. The van der Waals surface area contributed by atoms with Crippen molar-refractivity contribution >= 4 is 0 Å². The molecule has 0 fully saturated rings. The molecule has 0 saturated heterocycles. The van der Waals surface area contributed by atoms with E-state index in [0.717, 1.165) is 38.0 Å². The molecule has 0 aliphatic heterocycles. The minimum Gasteiger partial charge on any atom is -0.386 e. The van der Waals surface area contributed by atoms with Crippen LogP contribution in [0.25, 0.3) is 0 Å². The number of hydrogen-bond acceptors (Lipinski definition) is 1. The van der Waals surface area contributed by atoms with Gasteiger partial charge < -0.3 is 5.11 Å². The van der Waals surface area contributed by atoms with Gasteiger partial charge >= 0.3 is 0 Å². The topological polar surface area (TPSA) is 20.2 Å². The van der Waals surface area contributed by atoms with Crippen LogP contribution in [0.4, 0.5) is 0 Å². The number of allylic oxidation sites excluding steroid dienone is 6. The van der Waals surface area contributed by atoms with E-state index in [1.54, 1.807) is 5.57 Å². The van der Waals surface area contributed by atoms with Crippen LogP contribution in [-0.2, 0) is 0 Å². The third-order valence-corrected chi connectivity index (χ3v) is 5.73. The van der Waals surface area contributed by atoms with Crippen molar-refractivity contribution in [2.75, 3.05) is 0 Å². The van der Waals surface area contributed by atoms with Crippen LogP contribution < -0.4 is 0 Å². The molecule has 0 heterocycles. The lowest BCUT2D eigenvalue weighted by atomic mass is 9.80. The number of rotatable bonds is 6. The van der Waals surface area contributed by atoms with Crippen LogP contribution in [0.5, 0.6) is 0 Å². The molecule has 0 amide bonds. The minimum atomic E-state index is -0.651. The van der Waals surface area contributed by atoms with Crippen LogP contribution in [0.15, 0.2) is 47.1 Å². The van der Waals surface area contributed by atoms with Gasteiger partial charge in [-0.2, -0.15) is 0 Å². The smallest absolute Gasteiger partial charge is 0.0800 e. The van der Waals surface area contributed by atoms with Crippen molar-refractivity contribution in [3.8, 4) is 0 Å². The summed E-state index contributed by atoms with van der Waals surface area (Å²) < 4.78 is 0. The fourth-order valence-electron chi connectivity index (χ4n) is 4.02. The van der Waals surface area contributed by atoms with Gasteiger partial charge in [0.1, 0.15) is 0 Å². The van der Waals surface area contributed by atoms with Crippen molar-refractivity contribution in [3.63, 3.8) is 0 Å². The Kier molecular flexibility index (Phi) is 6.69.